The van der Waals surface area contributed by atoms with Gasteiger partial charge in [-0.05, 0) is 36.5 Å². The Kier molecular flexibility index (Phi) is 5.38. The van der Waals surface area contributed by atoms with Gasteiger partial charge in [-0.2, -0.15) is 0 Å². The molecular formula is C20H25NO3. The van der Waals surface area contributed by atoms with Gasteiger partial charge in [-0.3, -0.25) is 0 Å². The highest BCUT2D eigenvalue weighted by Crippen LogP contribution is 2.36. The SMILES string of the molecule is N[C@@H](c1ccc(OCc2ccccc2)cc1O)[C@H](O)C1CCCC1. The summed E-state index contributed by atoms with van der Waals surface area (Å²) in [7, 11) is 0. The van der Waals surface area contributed by atoms with E-state index in [1.54, 1.807) is 18.2 Å². The Labute approximate surface area is 142 Å². The van der Waals surface area contributed by atoms with Gasteiger partial charge in [0.2, 0.25) is 0 Å². The van der Waals surface area contributed by atoms with Crippen molar-refractivity contribution in [3.63, 3.8) is 0 Å². The van der Waals surface area contributed by atoms with Crippen molar-refractivity contribution in [1.29, 1.82) is 0 Å². The topological polar surface area (TPSA) is 75.7 Å². The molecule has 0 aromatic heterocycles. The molecule has 4 N–H and O–H groups in total. The molecule has 0 radical (unpaired) electrons. The molecule has 4 heteroatoms. The third-order valence-electron chi connectivity index (χ3n) is 4.86. The lowest BCUT2D eigenvalue weighted by Gasteiger charge is -2.25. The van der Waals surface area contributed by atoms with Crippen molar-refractivity contribution in [3.8, 4) is 11.5 Å². The molecule has 0 saturated heterocycles. The van der Waals surface area contributed by atoms with Gasteiger partial charge in [0.25, 0.3) is 0 Å². The summed E-state index contributed by atoms with van der Waals surface area (Å²) in [6.07, 6.45) is 3.69. The van der Waals surface area contributed by atoms with Crippen molar-refractivity contribution in [1.82, 2.24) is 0 Å². The summed E-state index contributed by atoms with van der Waals surface area (Å²) in [5.74, 6) is 0.890. The Morgan fingerprint density at radius 1 is 1.08 bits per heavy atom. The van der Waals surface area contributed by atoms with Crippen molar-refractivity contribution < 1.29 is 14.9 Å². The molecule has 1 aliphatic carbocycles. The van der Waals surface area contributed by atoms with Crippen molar-refractivity contribution in [2.75, 3.05) is 0 Å². The lowest BCUT2D eigenvalue weighted by molar-refractivity contribution is 0.0836. The molecule has 0 amide bonds. The standard InChI is InChI=1S/C20H25NO3/c21-19(20(23)15-8-4-5-9-15)17-11-10-16(12-18(17)22)24-13-14-6-2-1-3-7-14/h1-3,6-7,10-12,15,19-20,22-23H,4-5,8-9,13,21H2/t19-,20+/m0/s1. The van der Waals surface area contributed by atoms with Gasteiger partial charge in [0, 0.05) is 11.6 Å². The molecule has 2 aromatic carbocycles. The number of hydrogen-bond donors (Lipinski definition) is 3. The second-order valence-corrected chi connectivity index (χ2v) is 6.56. The number of aromatic hydroxyl groups is 1. The molecule has 2 aromatic rings. The molecule has 2 atom stereocenters. The number of aliphatic hydroxyl groups is 1. The molecule has 0 unspecified atom stereocenters. The highest BCUT2D eigenvalue weighted by atomic mass is 16.5. The van der Waals surface area contributed by atoms with E-state index in [1.807, 2.05) is 30.3 Å². The second-order valence-electron chi connectivity index (χ2n) is 6.56. The molecule has 3 rings (SSSR count). The number of phenolic OH excluding ortho intramolecular Hbond substituents is 1. The predicted octanol–water partition coefficient (Wildman–Crippen LogP) is 3.52. The summed E-state index contributed by atoms with van der Waals surface area (Å²) >= 11 is 0. The number of ether oxygens (including phenoxy) is 1. The predicted molar refractivity (Wildman–Crippen MR) is 93.8 cm³/mol. The molecule has 1 aliphatic rings. The Balaban J connectivity index is 1.65. The van der Waals surface area contributed by atoms with E-state index >= 15 is 0 Å². The van der Waals surface area contributed by atoms with Crippen molar-refractivity contribution in [3.05, 3.63) is 59.7 Å². The van der Waals surface area contributed by atoms with Gasteiger partial charge in [0.1, 0.15) is 18.1 Å². The molecular weight excluding hydrogens is 302 g/mol. The molecule has 1 fully saturated rings. The van der Waals surface area contributed by atoms with Gasteiger partial charge >= 0.3 is 0 Å². The van der Waals surface area contributed by atoms with Crippen LogP contribution in [0.5, 0.6) is 11.5 Å². The normalized spacial score (nSPS) is 17.6. The van der Waals surface area contributed by atoms with Crippen LogP contribution in [-0.2, 0) is 6.61 Å². The molecule has 4 nitrogen and oxygen atoms in total. The third-order valence-corrected chi connectivity index (χ3v) is 4.86. The number of hydrogen-bond acceptors (Lipinski definition) is 4. The van der Waals surface area contributed by atoms with E-state index in [9.17, 15) is 10.2 Å². The smallest absolute Gasteiger partial charge is 0.124 e. The number of phenols is 1. The van der Waals surface area contributed by atoms with E-state index in [0.29, 0.717) is 17.9 Å². The molecule has 0 aliphatic heterocycles. The Bertz CT molecular complexity index is 653. The maximum Gasteiger partial charge on any atom is 0.124 e. The van der Waals surface area contributed by atoms with Gasteiger partial charge in [-0.1, -0.05) is 43.2 Å². The first-order chi connectivity index (χ1) is 11.6. The first-order valence-electron chi connectivity index (χ1n) is 8.58. The fourth-order valence-electron chi connectivity index (χ4n) is 3.41. The van der Waals surface area contributed by atoms with E-state index in [0.717, 1.165) is 31.2 Å². The summed E-state index contributed by atoms with van der Waals surface area (Å²) in [5, 5.41) is 20.7. The van der Waals surface area contributed by atoms with Crippen LogP contribution >= 0.6 is 0 Å². The lowest BCUT2D eigenvalue weighted by atomic mass is 9.90. The average Bonchev–Trinajstić information content (AvgIpc) is 3.14. The summed E-state index contributed by atoms with van der Waals surface area (Å²) in [5.41, 5.74) is 7.82. The molecule has 1 saturated carbocycles. The monoisotopic (exact) mass is 327 g/mol. The molecule has 24 heavy (non-hydrogen) atoms. The van der Waals surface area contributed by atoms with Crippen LogP contribution in [0.2, 0.25) is 0 Å². The highest BCUT2D eigenvalue weighted by molar-refractivity contribution is 5.42. The van der Waals surface area contributed by atoms with Crippen LogP contribution in [-0.4, -0.2) is 16.3 Å². The van der Waals surface area contributed by atoms with E-state index in [-0.39, 0.29) is 11.7 Å². The minimum Gasteiger partial charge on any atom is -0.507 e. The summed E-state index contributed by atoms with van der Waals surface area (Å²) < 4.78 is 5.70. The second kappa shape index (κ2) is 7.69. The molecule has 128 valence electrons. The van der Waals surface area contributed by atoms with Crippen LogP contribution in [0.25, 0.3) is 0 Å². The quantitative estimate of drug-likeness (QED) is 0.759. The highest BCUT2D eigenvalue weighted by Gasteiger charge is 2.30. The average molecular weight is 327 g/mol. The van der Waals surface area contributed by atoms with Crippen LogP contribution in [0.1, 0.15) is 42.9 Å². The van der Waals surface area contributed by atoms with Gasteiger partial charge in [0.15, 0.2) is 0 Å². The maximum atomic E-state index is 10.4. The number of nitrogens with two attached hydrogens (primary N) is 1. The Hall–Kier alpha value is -2.04. The summed E-state index contributed by atoms with van der Waals surface area (Å²) in [4.78, 5) is 0. The number of benzene rings is 2. The zero-order valence-electron chi connectivity index (χ0n) is 13.8. The Morgan fingerprint density at radius 3 is 2.46 bits per heavy atom. The van der Waals surface area contributed by atoms with Gasteiger partial charge in [-0.15, -0.1) is 0 Å². The van der Waals surface area contributed by atoms with Crippen LogP contribution in [0, 0.1) is 5.92 Å². The zero-order valence-corrected chi connectivity index (χ0v) is 13.8. The van der Waals surface area contributed by atoms with Crippen molar-refractivity contribution in [2.24, 2.45) is 11.7 Å². The molecule has 0 bridgehead atoms. The fraction of sp³-hybridized carbons (Fsp3) is 0.400. The van der Waals surface area contributed by atoms with E-state index in [1.165, 1.54) is 0 Å². The molecule has 0 spiro atoms. The van der Waals surface area contributed by atoms with E-state index < -0.39 is 12.1 Å². The molecule has 0 heterocycles. The minimum atomic E-state index is -0.616. The minimum absolute atomic E-state index is 0.0742. The van der Waals surface area contributed by atoms with Crippen LogP contribution < -0.4 is 10.5 Å². The summed E-state index contributed by atoms with van der Waals surface area (Å²) in [6, 6.07) is 14.4. The fourth-order valence-corrected chi connectivity index (χ4v) is 3.41. The van der Waals surface area contributed by atoms with Crippen molar-refractivity contribution in [2.45, 2.75) is 44.4 Å². The largest absolute Gasteiger partial charge is 0.507 e. The van der Waals surface area contributed by atoms with Gasteiger partial charge < -0.3 is 20.7 Å². The van der Waals surface area contributed by atoms with Crippen LogP contribution in [0.4, 0.5) is 0 Å². The van der Waals surface area contributed by atoms with Gasteiger partial charge in [0.05, 0.1) is 12.1 Å². The first-order valence-corrected chi connectivity index (χ1v) is 8.58. The van der Waals surface area contributed by atoms with Crippen LogP contribution in [0.3, 0.4) is 0 Å². The number of aliphatic hydroxyl groups excluding tert-OH is 1. The Morgan fingerprint density at radius 2 is 1.79 bits per heavy atom. The third kappa shape index (κ3) is 3.89. The first kappa shape index (κ1) is 16.8. The van der Waals surface area contributed by atoms with Crippen molar-refractivity contribution >= 4 is 0 Å². The number of rotatable bonds is 6. The lowest BCUT2D eigenvalue weighted by Crippen LogP contribution is -2.31. The summed E-state index contributed by atoms with van der Waals surface area (Å²) in [6.45, 7) is 0.441. The zero-order chi connectivity index (χ0) is 16.9. The maximum absolute atomic E-state index is 10.4. The van der Waals surface area contributed by atoms with E-state index in [4.69, 9.17) is 10.5 Å². The van der Waals surface area contributed by atoms with E-state index in [2.05, 4.69) is 0 Å². The van der Waals surface area contributed by atoms with Crippen LogP contribution in [0.15, 0.2) is 48.5 Å². The van der Waals surface area contributed by atoms with Gasteiger partial charge in [-0.25, -0.2) is 0 Å².